The normalized spacial score (nSPS) is 14.3. The van der Waals surface area contributed by atoms with Gasteiger partial charge in [-0.25, -0.2) is 9.59 Å². The predicted molar refractivity (Wildman–Crippen MR) is 122 cm³/mol. The van der Waals surface area contributed by atoms with Crippen LogP contribution in [0, 0.1) is 0 Å². The molecule has 0 spiro atoms. The highest BCUT2D eigenvalue weighted by Gasteiger charge is 2.33. The molecule has 0 radical (unpaired) electrons. The Kier molecular flexibility index (Phi) is 7.38. The number of carbonyl (C=O) groups excluding carboxylic acids is 2. The summed E-state index contributed by atoms with van der Waals surface area (Å²) < 4.78 is 5.58. The Labute approximate surface area is 193 Å². The summed E-state index contributed by atoms with van der Waals surface area (Å²) in [5.41, 5.74) is 2.02. The van der Waals surface area contributed by atoms with Crippen molar-refractivity contribution in [3.05, 3.63) is 70.8 Å². The first-order valence-corrected chi connectivity index (χ1v) is 10.9. The van der Waals surface area contributed by atoms with Crippen LogP contribution in [0.1, 0.15) is 52.6 Å². The molecule has 2 amide bonds. The maximum Gasteiger partial charge on any atom is 0.410 e. The Morgan fingerprint density at radius 2 is 1.58 bits per heavy atom. The van der Waals surface area contributed by atoms with Crippen molar-refractivity contribution in [2.24, 2.45) is 0 Å². The second-order valence-corrected chi connectivity index (χ2v) is 9.21. The van der Waals surface area contributed by atoms with Crippen molar-refractivity contribution in [1.29, 1.82) is 0 Å². The fourth-order valence-corrected chi connectivity index (χ4v) is 3.82. The molecule has 0 saturated carbocycles. The van der Waals surface area contributed by atoms with E-state index in [1.54, 1.807) is 25.7 Å². The topological polar surface area (TPSA) is 116 Å². The molecule has 0 aromatic heterocycles. The number of aromatic carboxylic acids is 1. The fraction of sp³-hybridized carbons (Fsp3) is 0.400. The second-order valence-electron chi connectivity index (χ2n) is 9.21. The molecule has 1 aliphatic rings. The number of ether oxygens (including phenoxy) is 1. The van der Waals surface area contributed by atoms with E-state index in [4.69, 9.17) is 9.84 Å². The van der Waals surface area contributed by atoms with Gasteiger partial charge in [0.2, 0.25) is 0 Å². The SMILES string of the molecule is CC(C)(C)OC(=O)N(C[C@H](O)CNC(=O)c1ccc(C(=O)O)cc1)C1Cc2ccccc2C1. The minimum Gasteiger partial charge on any atom is -0.478 e. The standard InChI is InChI=1S/C25H30N2O6/c1-25(2,3)33-24(32)27(20-12-18-6-4-5-7-19(18)13-20)15-21(28)14-26-22(29)16-8-10-17(11-9-16)23(30)31/h4-11,20-21,28H,12-15H2,1-3H3,(H,26,29)(H,30,31)/t21-/m1/s1. The van der Waals surface area contributed by atoms with Gasteiger partial charge in [0, 0.05) is 18.2 Å². The van der Waals surface area contributed by atoms with Gasteiger partial charge in [-0.15, -0.1) is 0 Å². The molecule has 3 N–H and O–H groups in total. The molecule has 0 saturated heterocycles. The average Bonchev–Trinajstić information content (AvgIpc) is 3.18. The van der Waals surface area contributed by atoms with Crippen LogP contribution in [0.2, 0.25) is 0 Å². The highest BCUT2D eigenvalue weighted by molar-refractivity contribution is 5.95. The lowest BCUT2D eigenvalue weighted by Gasteiger charge is -2.33. The third-order valence-corrected chi connectivity index (χ3v) is 5.40. The number of nitrogens with one attached hydrogen (secondary N) is 1. The lowest BCUT2D eigenvalue weighted by molar-refractivity contribution is 0.00507. The van der Waals surface area contributed by atoms with E-state index in [0.717, 1.165) is 0 Å². The Morgan fingerprint density at radius 1 is 1.03 bits per heavy atom. The van der Waals surface area contributed by atoms with Crippen LogP contribution in [0.15, 0.2) is 48.5 Å². The summed E-state index contributed by atoms with van der Waals surface area (Å²) in [6.07, 6.45) is -0.173. The van der Waals surface area contributed by atoms with E-state index >= 15 is 0 Å². The van der Waals surface area contributed by atoms with Crippen molar-refractivity contribution in [2.75, 3.05) is 13.1 Å². The van der Waals surface area contributed by atoms with Crippen molar-refractivity contribution in [3.8, 4) is 0 Å². The number of hydrogen-bond acceptors (Lipinski definition) is 5. The number of carboxylic acids is 1. The summed E-state index contributed by atoms with van der Waals surface area (Å²) in [5, 5.41) is 22.2. The summed E-state index contributed by atoms with van der Waals surface area (Å²) in [6, 6.07) is 13.4. The van der Waals surface area contributed by atoms with E-state index in [0.29, 0.717) is 12.8 Å². The number of amides is 2. The number of hydrogen-bond donors (Lipinski definition) is 3. The Bertz CT molecular complexity index is 987. The average molecular weight is 455 g/mol. The maximum absolute atomic E-state index is 12.9. The summed E-state index contributed by atoms with van der Waals surface area (Å²) in [5.74, 6) is -1.52. The summed E-state index contributed by atoms with van der Waals surface area (Å²) >= 11 is 0. The van der Waals surface area contributed by atoms with Crippen LogP contribution in [-0.4, -0.2) is 63.9 Å². The van der Waals surface area contributed by atoms with E-state index in [1.807, 2.05) is 24.3 Å². The van der Waals surface area contributed by atoms with Crippen molar-refractivity contribution in [3.63, 3.8) is 0 Å². The summed E-state index contributed by atoms with van der Waals surface area (Å²) in [7, 11) is 0. The van der Waals surface area contributed by atoms with Crippen LogP contribution in [0.5, 0.6) is 0 Å². The van der Waals surface area contributed by atoms with Gasteiger partial charge in [0.15, 0.2) is 0 Å². The Balaban J connectivity index is 1.63. The number of aliphatic hydroxyl groups excluding tert-OH is 1. The van der Waals surface area contributed by atoms with E-state index in [2.05, 4.69) is 5.32 Å². The highest BCUT2D eigenvalue weighted by Crippen LogP contribution is 2.27. The molecule has 1 atom stereocenters. The van der Waals surface area contributed by atoms with Gasteiger partial charge in [0.05, 0.1) is 18.2 Å². The lowest BCUT2D eigenvalue weighted by atomic mass is 10.1. The second kappa shape index (κ2) is 10.0. The molecule has 1 aliphatic carbocycles. The predicted octanol–water partition coefficient (Wildman–Crippen LogP) is 2.88. The Morgan fingerprint density at radius 3 is 2.09 bits per heavy atom. The van der Waals surface area contributed by atoms with Crippen LogP contribution in [0.25, 0.3) is 0 Å². The first kappa shape index (κ1) is 24.3. The summed E-state index contributed by atoms with van der Waals surface area (Å²) in [6.45, 7) is 5.31. The van der Waals surface area contributed by atoms with E-state index < -0.39 is 29.7 Å². The molecule has 0 aliphatic heterocycles. The molecule has 8 heteroatoms. The molecular weight excluding hydrogens is 424 g/mol. The molecule has 2 aromatic rings. The fourth-order valence-electron chi connectivity index (χ4n) is 3.82. The maximum atomic E-state index is 12.9. The Hall–Kier alpha value is -3.39. The molecule has 176 valence electrons. The molecule has 3 rings (SSSR count). The van der Waals surface area contributed by atoms with E-state index in [1.165, 1.54) is 35.4 Å². The molecule has 0 heterocycles. The monoisotopic (exact) mass is 454 g/mol. The first-order valence-electron chi connectivity index (χ1n) is 10.9. The van der Waals surface area contributed by atoms with Gasteiger partial charge in [0.1, 0.15) is 5.60 Å². The van der Waals surface area contributed by atoms with Gasteiger partial charge in [-0.1, -0.05) is 24.3 Å². The van der Waals surface area contributed by atoms with Crippen LogP contribution in [0.4, 0.5) is 4.79 Å². The van der Waals surface area contributed by atoms with Gasteiger partial charge >= 0.3 is 12.1 Å². The third-order valence-electron chi connectivity index (χ3n) is 5.40. The molecule has 2 aromatic carbocycles. The molecule has 8 nitrogen and oxygen atoms in total. The molecule has 0 bridgehead atoms. The lowest BCUT2D eigenvalue weighted by Crippen LogP contribution is -2.49. The van der Waals surface area contributed by atoms with E-state index in [-0.39, 0.29) is 30.3 Å². The molecule has 0 fully saturated rings. The van der Waals surface area contributed by atoms with Crippen molar-refractivity contribution in [1.82, 2.24) is 10.2 Å². The minimum absolute atomic E-state index is 0.00575. The number of nitrogens with zero attached hydrogens (tertiary/aromatic N) is 1. The smallest absolute Gasteiger partial charge is 0.410 e. The zero-order valence-electron chi connectivity index (χ0n) is 19.1. The number of benzene rings is 2. The van der Waals surface area contributed by atoms with Crippen molar-refractivity contribution < 1.29 is 29.3 Å². The van der Waals surface area contributed by atoms with Crippen LogP contribution in [-0.2, 0) is 17.6 Å². The van der Waals surface area contributed by atoms with Gasteiger partial charge in [-0.3, -0.25) is 4.79 Å². The summed E-state index contributed by atoms with van der Waals surface area (Å²) in [4.78, 5) is 37.8. The number of aliphatic hydroxyl groups is 1. The first-order chi connectivity index (χ1) is 15.5. The van der Waals surface area contributed by atoms with Crippen LogP contribution >= 0.6 is 0 Å². The quantitative estimate of drug-likeness (QED) is 0.592. The number of carboxylic acid groups (broad SMARTS) is 1. The van der Waals surface area contributed by atoms with Gasteiger partial charge in [-0.2, -0.15) is 0 Å². The number of carbonyl (C=O) groups is 3. The molecule has 0 unspecified atom stereocenters. The molecule has 33 heavy (non-hydrogen) atoms. The largest absolute Gasteiger partial charge is 0.478 e. The van der Waals surface area contributed by atoms with Crippen LogP contribution < -0.4 is 5.32 Å². The zero-order valence-corrected chi connectivity index (χ0v) is 19.1. The highest BCUT2D eigenvalue weighted by atomic mass is 16.6. The molecular formula is C25H30N2O6. The van der Waals surface area contributed by atoms with Gasteiger partial charge in [-0.05, 0) is 69.0 Å². The van der Waals surface area contributed by atoms with Crippen molar-refractivity contribution >= 4 is 18.0 Å². The van der Waals surface area contributed by atoms with Gasteiger partial charge < -0.3 is 25.2 Å². The van der Waals surface area contributed by atoms with Crippen molar-refractivity contribution in [2.45, 2.75) is 51.4 Å². The number of rotatable bonds is 7. The van der Waals surface area contributed by atoms with E-state index in [9.17, 15) is 19.5 Å². The van der Waals surface area contributed by atoms with Crippen LogP contribution in [0.3, 0.4) is 0 Å². The number of fused-ring (bicyclic) bond motifs is 1. The third kappa shape index (κ3) is 6.55. The minimum atomic E-state index is -1.08. The zero-order chi connectivity index (χ0) is 24.2. The van der Waals surface area contributed by atoms with Gasteiger partial charge in [0.25, 0.3) is 5.91 Å².